The molecule has 3 nitrogen and oxygen atoms in total. The zero-order valence-corrected chi connectivity index (χ0v) is 16.8. The van der Waals surface area contributed by atoms with Crippen molar-refractivity contribution in [1.29, 1.82) is 0 Å². The van der Waals surface area contributed by atoms with Crippen LogP contribution in [0.1, 0.15) is 30.4 Å². The Morgan fingerprint density at radius 2 is 1.93 bits per heavy atom. The van der Waals surface area contributed by atoms with Crippen LogP contribution < -0.4 is 4.90 Å². The number of anilines is 1. The summed E-state index contributed by atoms with van der Waals surface area (Å²) in [5.74, 6) is 0.324. The number of carbonyl (C=O) groups is 1. The van der Waals surface area contributed by atoms with E-state index in [2.05, 4.69) is 23.1 Å². The molecule has 27 heavy (non-hydrogen) atoms. The Labute approximate surface area is 170 Å². The molecule has 0 radical (unpaired) electrons. The van der Waals surface area contributed by atoms with Gasteiger partial charge in [0.25, 0.3) is 0 Å². The third-order valence-corrected chi connectivity index (χ3v) is 6.23. The molecule has 2 aromatic carbocycles. The van der Waals surface area contributed by atoms with Gasteiger partial charge in [0, 0.05) is 35.4 Å². The molecule has 1 unspecified atom stereocenters. The summed E-state index contributed by atoms with van der Waals surface area (Å²) in [6.45, 7) is 3.38. The molecular formula is C22H24Cl2N2O. The van der Waals surface area contributed by atoms with E-state index in [9.17, 15) is 4.79 Å². The average Bonchev–Trinajstić information content (AvgIpc) is 2.69. The Morgan fingerprint density at radius 1 is 1.07 bits per heavy atom. The molecule has 0 aliphatic carbocycles. The number of para-hydroxylation sites is 1. The van der Waals surface area contributed by atoms with Crippen LogP contribution in [0.2, 0.25) is 10.0 Å². The lowest BCUT2D eigenvalue weighted by atomic mass is 9.93. The normalized spacial score (nSPS) is 20.4. The number of benzene rings is 2. The van der Waals surface area contributed by atoms with Gasteiger partial charge in [-0.2, -0.15) is 0 Å². The molecule has 1 saturated heterocycles. The van der Waals surface area contributed by atoms with E-state index < -0.39 is 0 Å². The number of likely N-dealkylation sites (tertiary alicyclic amines) is 1. The fourth-order valence-corrected chi connectivity index (χ4v) is 4.74. The molecule has 0 bridgehead atoms. The second-order valence-electron chi connectivity index (χ2n) is 7.53. The van der Waals surface area contributed by atoms with Gasteiger partial charge in [-0.05, 0) is 61.6 Å². The van der Waals surface area contributed by atoms with E-state index >= 15 is 0 Å². The molecule has 2 heterocycles. The fraction of sp³-hybridized carbons (Fsp3) is 0.409. The van der Waals surface area contributed by atoms with Gasteiger partial charge in [0.1, 0.15) is 0 Å². The zero-order valence-electron chi connectivity index (χ0n) is 15.3. The molecule has 0 spiro atoms. The van der Waals surface area contributed by atoms with E-state index in [-0.39, 0.29) is 11.8 Å². The molecule has 2 aromatic rings. The molecule has 0 aromatic heterocycles. The first-order chi connectivity index (χ1) is 13.1. The SMILES string of the molecule is O=C(C1CCCN(Cc2ccc(Cl)cc2Cl)C1)N1CCCc2ccccc21. The lowest BCUT2D eigenvalue weighted by molar-refractivity contribution is -0.124. The zero-order chi connectivity index (χ0) is 18.8. The van der Waals surface area contributed by atoms with Gasteiger partial charge >= 0.3 is 0 Å². The quantitative estimate of drug-likeness (QED) is 0.705. The molecule has 0 saturated carbocycles. The third-order valence-electron chi connectivity index (χ3n) is 5.64. The summed E-state index contributed by atoms with van der Waals surface area (Å²) < 4.78 is 0. The molecule has 4 rings (SSSR count). The lowest BCUT2D eigenvalue weighted by Gasteiger charge is -2.37. The largest absolute Gasteiger partial charge is 0.312 e. The van der Waals surface area contributed by atoms with Crippen LogP contribution in [-0.2, 0) is 17.8 Å². The number of hydrogen-bond acceptors (Lipinski definition) is 2. The second-order valence-corrected chi connectivity index (χ2v) is 8.38. The fourth-order valence-electron chi connectivity index (χ4n) is 4.27. The first-order valence-corrected chi connectivity index (χ1v) is 10.4. The standard InChI is InChI=1S/C22H24Cl2N2O/c23-19-10-9-17(20(24)13-19)14-25-11-3-7-18(15-25)22(27)26-12-4-6-16-5-1-2-8-21(16)26/h1-2,5,8-10,13,18H,3-4,6-7,11-12,14-15H2. The summed E-state index contributed by atoms with van der Waals surface area (Å²) in [7, 11) is 0. The number of amides is 1. The molecule has 1 amide bonds. The van der Waals surface area contributed by atoms with Crippen LogP contribution in [-0.4, -0.2) is 30.4 Å². The van der Waals surface area contributed by atoms with Crippen molar-refractivity contribution in [2.45, 2.75) is 32.2 Å². The highest BCUT2D eigenvalue weighted by atomic mass is 35.5. The number of aryl methyl sites for hydroxylation is 1. The summed E-state index contributed by atoms with van der Waals surface area (Å²) in [4.78, 5) is 17.6. The van der Waals surface area contributed by atoms with Crippen molar-refractivity contribution >= 4 is 34.8 Å². The Bertz CT molecular complexity index is 839. The molecule has 5 heteroatoms. The van der Waals surface area contributed by atoms with Crippen molar-refractivity contribution in [2.75, 3.05) is 24.5 Å². The van der Waals surface area contributed by atoms with Crippen LogP contribution >= 0.6 is 23.2 Å². The minimum Gasteiger partial charge on any atom is -0.312 e. The number of piperidine rings is 1. The Hall–Kier alpha value is -1.55. The molecule has 1 atom stereocenters. The number of nitrogens with zero attached hydrogens (tertiary/aromatic N) is 2. The number of rotatable bonds is 3. The van der Waals surface area contributed by atoms with Gasteiger partial charge in [-0.3, -0.25) is 9.69 Å². The van der Waals surface area contributed by atoms with E-state index in [1.807, 2.05) is 23.1 Å². The summed E-state index contributed by atoms with van der Waals surface area (Å²) in [5, 5.41) is 1.35. The van der Waals surface area contributed by atoms with Crippen LogP contribution in [0.3, 0.4) is 0 Å². The smallest absolute Gasteiger partial charge is 0.231 e. The Balaban J connectivity index is 1.46. The molecule has 2 aliphatic heterocycles. The van der Waals surface area contributed by atoms with Gasteiger partial charge < -0.3 is 4.90 Å². The highest BCUT2D eigenvalue weighted by molar-refractivity contribution is 6.35. The van der Waals surface area contributed by atoms with Gasteiger partial charge in [0.15, 0.2) is 0 Å². The Kier molecular flexibility index (Phi) is 5.72. The molecule has 142 valence electrons. The third kappa shape index (κ3) is 4.16. The molecule has 0 N–H and O–H groups in total. The van der Waals surface area contributed by atoms with Crippen molar-refractivity contribution in [3.8, 4) is 0 Å². The lowest BCUT2D eigenvalue weighted by Crippen LogP contribution is -2.46. The maximum atomic E-state index is 13.3. The average molecular weight is 403 g/mol. The predicted molar refractivity (Wildman–Crippen MR) is 112 cm³/mol. The van der Waals surface area contributed by atoms with Gasteiger partial charge in [-0.15, -0.1) is 0 Å². The van der Waals surface area contributed by atoms with E-state index in [0.717, 1.165) is 63.1 Å². The van der Waals surface area contributed by atoms with Crippen LogP contribution in [0, 0.1) is 5.92 Å². The first kappa shape index (κ1) is 18.8. The number of carbonyl (C=O) groups excluding carboxylic acids is 1. The van der Waals surface area contributed by atoms with Gasteiger partial charge in [-0.1, -0.05) is 47.5 Å². The van der Waals surface area contributed by atoms with Crippen molar-refractivity contribution in [3.63, 3.8) is 0 Å². The van der Waals surface area contributed by atoms with Crippen molar-refractivity contribution in [3.05, 3.63) is 63.6 Å². The summed E-state index contributed by atoms with van der Waals surface area (Å²) in [5.41, 5.74) is 3.46. The number of halogens is 2. The monoisotopic (exact) mass is 402 g/mol. The maximum absolute atomic E-state index is 13.3. The van der Waals surface area contributed by atoms with E-state index in [4.69, 9.17) is 23.2 Å². The van der Waals surface area contributed by atoms with E-state index in [1.54, 1.807) is 6.07 Å². The van der Waals surface area contributed by atoms with Crippen molar-refractivity contribution in [1.82, 2.24) is 4.90 Å². The predicted octanol–water partition coefficient (Wildman–Crippen LogP) is 5.18. The van der Waals surface area contributed by atoms with E-state index in [0.29, 0.717) is 10.0 Å². The van der Waals surface area contributed by atoms with Crippen LogP contribution in [0.5, 0.6) is 0 Å². The van der Waals surface area contributed by atoms with Crippen LogP contribution in [0.25, 0.3) is 0 Å². The second kappa shape index (κ2) is 8.22. The highest BCUT2D eigenvalue weighted by Gasteiger charge is 2.32. The summed E-state index contributed by atoms with van der Waals surface area (Å²) in [6.07, 6.45) is 4.10. The highest BCUT2D eigenvalue weighted by Crippen LogP contribution is 2.31. The Morgan fingerprint density at radius 3 is 2.78 bits per heavy atom. The number of fused-ring (bicyclic) bond motifs is 1. The summed E-state index contributed by atoms with van der Waals surface area (Å²) in [6, 6.07) is 14.0. The first-order valence-electron chi connectivity index (χ1n) is 9.67. The number of hydrogen-bond donors (Lipinski definition) is 0. The molecule has 2 aliphatic rings. The van der Waals surface area contributed by atoms with Gasteiger partial charge in [0.05, 0.1) is 5.92 Å². The van der Waals surface area contributed by atoms with Gasteiger partial charge in [0.2, 0.25) is 5.91 Å². The van der Waals surface area contributed by atoms with E-state index in [1.165, 1.54) is 5.56 Å². The molecule has 1 fully saturated rings. The minimum absolute atomic E-state index is 0.0518. The summed E-state index contributed by atoms with van der Waals surface area (Å²) >= 11 is 12.3. The van der Waals surface area contributed by atoms with Crippen LogP contribution in [0.15, 0.2) is 42.5 Å². The topological polar surface area (TPSA) is 23.6 Å². The maximum Gasteiger partial charge on any atom is 0.231 e. The van der Waals surface area contributed by atoms with Crippen molar-refractivity contribution < 1.29 is 4.79 Å². The van der Waals surface area contributed by atoms with Crippen molar-refractivity contribution in [2.24, 2.45) is 5.92 Å². The van der Waals surface area contributed by atoms with Crippen LogP contribution in [0.4, 0.5) is 5.69 Å². The minimum atomic E-state index is 0.0518. The molecular weight excluding hydrogens is 379 g/mol. The van der Waals surface area contributed by atoms with Gasteiger partial charge in [-0.25, -0.2) is 0 Å².